The van der Waals surface area contributed by atoms with Gasteiger partial charge in [-0.05, 0) is 32.2 Å². The second-order valence-electron chi connectivity index (χ2n) is 5.36. The van der Waals surface area contributed by atoms with E-state index in [1.165, 1.54) is 32.2 Å². The fourth-order valence-corrected chi connectivity index (χ4v) is 2.22. The zero-order valence-corrected chi connectivity index (χ0v) is 10.9. The van der Waals surface area contributed by atoms with Crippen LogP contribution in [-0.2, 0) is 0 Å². The van der Waals surface area contributed by atoms with Crippen LogP contribution in [0.15, 0.2) is 0 Å². The molecule has 0 spiro atoms. The smallest absolute Gasteiger partial charge is 0.0215 e. The van der Waals surface area contributed by atoms with E-state index in [4.69, 9.17) is 0 Å². The molecular formula is C13H28N2. The maximum Gasteiger partial charge on any atom is 0.0215 e. The molecular weight excluding hydrogens is 184 g/mol. The summed E-state index contributed by atoms with van der Waals surface area (Å²) in [7, 11) is 2.29. The van der Waals surface area contributed by atoms with Crippen LogP contribution >= 0.6 is 0 Å². The van der Waals surface area contributed by atoms with Crippen molar-refractivity contribution in [2.75, 3.05) is 20.1 Å². The van der Waals surface area contributed by atoms with E-state index in [-0.39, 0.29) is 0 Å². The Bertz CT molecular complexity index is 164. The minimum Gasteiger partial charge on any atom is -0.313 e. The zero-order chi connectivity index (χ0) is 11.3. The van der Waals surface area contributed by atoms with Crippen LogP contribution in [0.4, 0.5) is 0 Å². The van der Waals surface area contributed by atoms with E-state index in [0.717, 1.165) is 12.5 Å². The number of likely N-dealkylation sites (N-methyl/N-ethyl adjacent to an activating group) is 1. The number of hydrogen-bond donors (Lipinski definition) is 1. The van der Waals surface area contributed by atoms with Gasteiger partial charge in [-0.2, -0.15) is 0 Å². The van der Waals surface area contributed by atoms with Gasteiger partial charge in [-0.25, -0.2) is 0 Å². The van der Waals surface area contributed by atoms with Gasteiger partial charge >= 0.3 is 0 Å². The van der Waals surface area contributed by atoms with Crippen LogP contribution in [0.3, 0.4) is 0 Å². The first-order valence-electron chi connectivity index (χ1n) is 6.57. The summed E-state index contributed by atoms with van der Waals surface area (Å²) in [6.45, 7) is 9.18. The second kappa shape index (κ2) is 6.49. The van der Waals surface area contributed by atoms with E-state index in [9.17, 15) is 0 Å². The molecule has 15 heavy (non-hydrogen) atoms. The average Bonchev–Trinajstić information content (AvgIpc) is 2.12. The van der Waals surface area contributed by atoms with Gasteiger partial charge in [-0.1, -0.05) is 27.2 Å². The summed E-state index contributed by atoms with van der Waals surface area (Å²) in [6.07, 6.45) is 5.62. The molecule has 1 aliphatic rings. The Morgan fingerprint density at radius 1 is 1.33 bits per heavy atom. The van der Waals surface area contributed by atoms with Crippen LogP contribution in [0.5, 0.6) is 0 Å². The maximum absolute atomic E-state index is 3.55. The Morgan fingerprint density at radius 3 is 2.40 bits per heavy atom. The van der Waals surface area contributed by atoms with Gasteiger partial charge in [-0.15, -0.1) is 0 Å². The Hall–Kier alpha value is -0.0800. The predicted octanol–water partition coefficient (Wildman–Crippen LogP) is 2.49. The molecule has 0 heterocycles. The van der Waals surface area contributed by atoms with Crippen LogP contribution in [0.1, 0.15) is 46.5 Å². The standard InChI is InChI=1S/C13H28N2/c1-5-13(9-14-11(2)3)15(4)10-12-7-6-8-12/h11-14H,5-10H2,1-4H3. The van der Waals surface area contributed by atoms with Crippen LogP contribution in [0, 0.1) is 5.92 Å². The largest absolute Gasteiger partial charge is 0.313 e. The Labute approximate surface area is 95.4 Å². The van der Waals surface area contributed by atoms with E-state index in [2.05, 4.69) is 38.0 Å². The highest BCUT2D eigenvalue weighted by atomic mass is 15.2. The van der Waals surface area contributed by atoms with E-state index < -0.39 is 0 Å². The molecule has 2 heteroatoms. The number of rotatable bonds is 7. The SMILES string of the molecule is CCC(CNC(C)C)N(C)CC1CCC1. The Kier molecular flexibility index (Phi) is 5.62. The molecule has 1 atom stereocenters. The molecule has 90 valence electrons. The lowest BCUT2D eigenvalue weighted by atomic mass is 9.85. The maximum atomic E-state index is 3.55. The Balaban J connectivity index is 2.22. The van der Waals surface area contributed by atoms with E-state index in [0.29, 0.717) is 12.1 Å². The van der Waals surface area contributed by atoms with Crippen LogP contribution in [-0.4, -0.2) is 37.1 Å². The summed E-state index contributed by atoms with van der Waals surface area (Å²) in [6, 6.07) is 1.32. The van der Waals surface area contributed by atoms with Crippen molar-refractivity contribution in [2.45, 2.75) is 58.5 Å². The van der Waals surface area contributed by atoms with Gasteiger partial charge in [0.1, 0.15) is 0 Å². The fraction of sp³-hybridized carbons (Fsp3) is 1.00. The Morgan fingerprint density at radius 2 is 2.00 bits per heavy atom. The predicted molar refractivity (Wildman–Crippen MR) is 67.2 cm³/mol. The van der Waals surface area contributed by atoms with Crippen molar-refractivity contribution in [1.82, 2.24) is 10.2 Å². The van der Waals surface area contributed by atoms with Crippen molar-refractivity contribution in [3.63, 3.8) is 0 Å². The molecule has 0 aromatic rings. The van der Waals surface area contributed by atoms with Crippen LogP contribution in [0.25, 0.3) is 0 Å². The monoisotopic (exact) mass is 212 g/mol. The summed E-state index contributed by atoms with van der Waals surface area (Å²) in [4.78, 5) is 2.55. The zero-order valence-electron chi connectivity index (χ0n) is 10.9. The van der Waals surface area contributed by atoms with Crippen molar-refractivity contribution in [1.29, 1.82) is 0 Å². The minimum atomic E-state index is 0.608. The lowest BCUT2D eigenvalue weighted by Crippen LogP contribution is -2.44. The first-order valence-corrected chi connectivity index (χ1v) is 6.57. The molecule has 1 unspecified atom stereocenters. The van der Waals surface area contributed by atoms with E-state index in [1.807, 2.05) is 0 Å². The normalized spacial score (nSPS) is 19.6. The molecule has 0 aromatic carbocycles. The average molecular weight is 212 g/mol. The molecule has 0 saturated heterocycles. The highest BCUT2D eigenvalue weighted by Gasteiger charge is 2.22. The first-order chi connectivity index (χ1) is 7.13. The summed E-state index contributed by atoms with van der Waals surface area (Å²) in [5.74, 6) is 0.989. The number of hydrogen-bond acceptors (Lipinski definition) is 2. The summed E-state index contributed by atoms with van der Waals surface area (Å²) in [5, 5.41) is 3.55. The lowest BCUT2D eigenvalue weighted by Gasteiger charge is -2.35. The summed E-state index contributed by atoms with van der Waals surface area (Å²) >= 11 is 0. The lowest BCUT2D eigenvalue weighted by molar-refractivity contribution is 0.155. The third-order valence-corrected chi connectivity index (χ3v) is 3.63. The van der Waals surface area contributed by atoms with Gasteiger partial charge < -0.3 is 10.2 Å². The molecule has 0 bridgehead atoms. The summed E-state index contributed by atoms with van der Waals surface area (Å²) in [5.41, 5.74) is 0. The molecule has 1 rings (SSSR count). The highest BCUT2D eigenvalue weighted by Crippen LogP contribution is 2.27. The number of nitrogens with one attached hydrogen (secondary N) is 1. The van der Waals surface area contributed by atoms with Gasteiger partial charge in [0, 0.05) is 25.2 Å². The first kappa shape index (κ1) is 13.0. The molecule has 1 saturated carbocycles. The van der Waals surface area contributed by atoms with Gasteiger partial charge in [0.2, 0.25) is 0 Å². The van der Waals surface area contributed by atoms with Crippen molar-refractivity contribution in [3.8, 4) is 0 Å². The molecule has 1 N–H and O–H groups in total. The van der Waals surface area contributed by atoms with Gasteiger partial charge in [-0.3, -0.25) is 0 Å². The second-order valence-corrected chi connectivity index (χ2v) is 5.36. The number of nitrogens with zero attached hydrogens (tertiary/aromatic N) is 1. The molecule has 0 aliphatic heterocycles. The third kappa shape index (κ3) is 4.52. The van der Waals surface area contributed by atoms with Gasteiger partial charge in [0.25, 0.3) is 0 Å². The van der Waals surface area contributed by atoms with Crippen LogP contribution in [0.2, 0.25) is 0 Å². The van der Waals surface area contributed by atoms with Crippen molar-refractivity contribution < 1.29 is 0 Å². The van der Waals surface area contributed by atoms with Crippen LogP contribution < -0.4 is 5.32 Å². The van der Waals surface area contributed by atoms with E-state index >= 15 is 0 Å². The molecule has 1 fully saturated rings. The van der Waals surface area contributed by atoms with Crippen molar-refractivity contribution >= 4 is 0 Å². The molecule has 0 aromatic heterocycles. The van der Waals surface area contributed by atoms with E-state index in [1.54, 1.807) is 0 Å². The molecule has 0 radical (unpaired) electrons. The molecule has 1 aliphatic carbocycles. The molecule has 0 amide bonds. The van der Waals surface area contributed by atoms with Gasteiger partial charge in [0.05, 0.1) is 0 Å². The molecule has 2 nitrogen and oxygen atoms in total. The topological polar surface area (TPSA) is 15.3 Å². The van der Waals surface area contributed by atoms with Gasteiger partial charge in [0.15, 0.2) is 0 Å². The highest BCUT2D eigenvalue weighted by molar-refractivity contribution is 4.77. The quantitative estimate of drug-likeness (QED) is 0.697. The minimum absolute atomic E-state index is 0.608. The fourth-order valence-electron chi connectivity index (χ4n) is 2.22. The van der Waals surface area contributed by atoms with Crippen molar-refractivity contribution in [2.24, 2.45) is 5.92 Å². The summed E-state index contributed by atoms with van der Waals surface area (Å²) < 4.78 is 0. The third-order valence-electron chi connectivity index (χ3n) is 3.63. The van der Waals surface area contributed by atoms with Crippen molar-refractivity contribution in [3.05, 3.63) is 0 Å².